The standard InChI is InChI=1S/C19H14FN3O2/c20-16-4-3-5-17-18(16)15(12-21-25)19(22-10-1-2-11-22)23(17)13-6-8-14(24)9-7-13/h1-12,24-25H. The van der Waals surface area contributed by atoms with Crippen LogP contribution in [0.4, 0.5) is 4.39 Å². The van der Waals surface area contributed by atoms with E-state index in [1.165, 1.54) is 12.3 Å². The Morgan fingerprint density at radius 1 is 0.960 bits per heavy atom. The number of aromatic nitrogens is 2. The van der Waals surface area contributed by atoms with Gasteiger partial charge in [-0.25, -0.2) is 4.39 Å². The summed E-state index contributed by atoms with van der Waals surface area (Å²) >= 11 is 0. The van der Waals surface area contributed by atoms with Crippen LogP contribution in [0, 0.1) is 5.82 Å². The summed E-state index contributed by atoms with van der Waals surface area (Å²) in [7, 11) is 0. The number of oxime groups is 1. The van der Waals surface area contributed by atoms with E-state index in [9.17, 15) is 9.50 Å². The molecule has 0 spiro atoms. The predicted molar refractivity (Wildman–Crippen MR) is 93.6 cm³/mol. The van der Waals surface area contributed by atoms with Crippen molar-refractivity contribution in [2.24, 2.45) is 5.16 Å². The van der Waals surface area contributed by atoms with E-state index in [4.69, 9.17) is 5.21 Å². The summed E-state index contributed by atoms with van der Waals surface area (Å²) in [6, 6.07) is 15.1. The Kier molecular flexibility index (Phi) is 3.50. The monoisotopic (exact) mass is 335 g/mol. The molecule has 2 heterocycles. The van der Waals surface area contributed by atoms with Crippen molar-refractivity contribution in [2.45, 2.75) is 0 Å². The molecule has 0 saturated heterocycles. The number of fused-ring (bicyclic) bond motifs is 1. The Balaban J connectivity index is 2.18. The van der Waals surface area contributed by atoms with Gasteiger partial charge in [-0.3, -0.25) is 4.57 Å². The molecule has 0 aliphatic carbocycles. The van der Waals surface area contributed by atoms with Crippen LogP contribution in [0.2, 0.25) is 0 Å². The van der Waals surface area contributed by atoms with Crippen molar-refractivity contribution in [3.05, 3.63) is 78.4 Å². The average Bonchev–Trinajstić information content (AvgIpc) is 3.23. The molecular formula is C19H14FN3O2. The van der Waals surface area contributed by atoms with Crippen molar-refractivity contribution < 1.29 is 14.7 Å². The van der Waals surface area contributed by atoms with Crippen LogP contribution in [0.25, 0.3) is 22.4 Å². The Bertz CT molecular complexity index is 1060. The molecule has 0 radical (unpaired) electrons. The van der Waals surface area contributed by atoms with E-state index in [0.717, 1.165) is 5.69 Å². The molecule has 0 aliphatic rings. The number of phenolic OH excluding ortho intramolecular Hbond substituents is 1. The fraction of sp³-hybridized carbons (Fsp3) is 0. The molecule has 25 heavy (non-hydrogen) atoms. The highest BCUT2D eigenvalue weighted by Crippen LogP contribution is 2.33. The summed E-state index contributed by atoms with van der Waals surface area (Å²) in [5, 5.41) is 22.2. The van der Waals surface area contributed by atoms with Gasteiger partial charge in [0.1, 0.15) is 17.4 Å². The number of aromatic hydroxyl groups is 1. The predicted octanol–water partition coefficient (Wildman–Crippen LogP) is 4.07. The third-order valence-corrected chi connectivity index (χ3v) is 4.10. The maximum atomic E-state index is 14.6. The molecular weight excluding hydrogens is 321 g/mol. The molecule has 4 aromatic rings. The third-order valence-electron chi connectivity index (χ3n) is 4.10. The molecule has 5 nitrogen and oxygen atoms in total. The fourth-order valence-electron chi connectivity index (χ4n) is 3.09. The van der Waals surface area contributed by atoms with Crippen molar-refractivity contribution in [3.63, 3.8) is 0 Å². The highest BCUT2D eigenvalue weighted by molar-refractivity contribution is 6.04. The van der Waals surface area contributed by atoms with E-state index in [2.05, 4.69) is 5.16 Å². The van der Waals surface area contributed by atoms with E-state index in [-0.39, 0.29) is 5.75 Å². The highest BCUT2D eigenvalue weighted by Gasteiger charge is 2.21. The smallest absolute Gasteiger partial charge is 0.133 e. The second-order valence-corrected chi connectivity index (χ2v) is 5.56. The van der Waals surface area contributed by atoms with Crippen molar-refractivity contribution >= 4 is 17.1 Å². The maximum absolute atomic E-state index is 14.6. The number of hydrogen-bond donors (Lipinski definition) is 2. The van der Waals surface area contributed by atoms with Gasteiger partial charge < -0.3 is 14.9 Å². The average molecular weight is 335 g/mol. The molecule has 2 aromatic carbocycles. The number of phenols is 1. The molecule has 0 aliphatic heterocycles. The Hall–Kier alpha value is -3.54. The molecule has 0 saturated carbocycles. The lowest BCUT2D eigenvalue weighted by atomic mass is 10.1. The van der Waals surface area contributed by atoms with Gasteiger partial charge in [-0.05, 0) is 48.5 Å². The molecule has 0 fully saturated rings. The van der Waals surface area contributed by atoms with Crippen molar-refractivity contribution in [3.8, 4) is 17.3 Å². The van der Waals surface area contributed by atoms with Gasteiger partial charge in [0.2, 0.25) is 0 Å². The molecule has 0 bridgehead atoms. The first-order valence-electron chi connectivity index (χ1n) is 7.64. The van der Waals surface area contributed by atoms with Gasteiger partial charge in [-0.1, -0.05) is 11.2 Å². The molecule has 0 amide bonds. The van der Waals surface area contributed by atoms with Gasteiger partial charge in [-0.2, -0.15) is 0 Å². The summed E-state index contributed by atoms with van der Waals surface area (Å²) in [4.78, 5) is 0. The first-order valence-corrected chi connectivity index (χ1v) is 7.64. The van der Waals surface area contributed by atoms with Gasteiger partial charge >= 0.3 is 0 Å². The maximum Gasteiger partial charge on any atom is 0.133 e. The molecule has 6 heteroatoms. The van der Waals surface area contributed by atoms with Crippen LogP contribution in [0.15, 0.2) is 72.1 Å². The lowest BCUT2D eigenvalue weighted by Gasteiger charge is -2.12. The zero-order valence-corrected chi connectivity index (χ0v) is 13.0. The SMILES string of the molecule is ON=Cc1c(-n2cccc2)n(-c2ccc(O)cc2)c2cccc(F)c12. The van der Waals surface area contributed by atoms with Gasteiger partial charge in [0.15, 0.2) is 0 Å². The minimum absolute atomic E-state index is 0.144. The first-order chi connectivity index (χ1) is 12.2. The highest BCUT2D eigenvalue weighted by atomic mass is 19.1. The minimum atomic E-state index is -0.404. The normalized spacial score (nSPS) is 11.6. The molecule has 124 valence electrons. The molecule has 4 rings (SSSR count). The number of benzene rings is 2. The van der Waals surface area contributed by atoms with Crippen molar-refractivity contribution in [1.29, 1.82) is 0 Å². The number of hydrogen-bond acceptors (Lipinski definition) is 3. The van der Waals surface area contributed by atoms with Crippen LogP contribution < -0.4 is 0 Å². The number of nitrogens with zero attached hydrogens (tertiary/aromatic N) is 3. The quantitative estimate of drug-likeness (QED) is 0.337. The van der Waals surface area contributed by atoms with Crippen LogP contribution in [-0.4, -0.2) is 25.7 Å². The second kappa shape index (κ2) is 5.83. The zero-order chi connectivity index (χ0) is 17.4. The summed E-state index contributed by atoms with van der Waals surface area (Å²) in [5.41, 5.74) is 1.83. The minimum Gasteiger partial charge on any atom is -0.508 e. The van der Waals surface area contributed by atoms with E-state index in [0.29, 0.717) is 22.3 Å². The Morgan fingerprint density at radius 3 is 2.36 bits per heavy atom. The fourth-order valence-corrected chi connectivity index (χ4v) is 3.09. The van der Waals surface area contributed by atoms with Crippen LogP contribution in [0.5, 0.6) is 5.75 Å². The Morgan fingerprint density at radius 2 is 1.68 bits per heavy atom. The van der Waals surface area contributed by atoms with Gasteiger partial charge in [0.25, 0.3) is 0 Å². The Labute approximate surface area is 142 Å². The molecule has 0 unspecified atom stereocenters. The molecule has 2 aromatic heterocycles. The lowest BCUT2D eigenvalue weighted by Crippen LogP contribution is -2.04. The first kappa shape index (κ1) is 15.0. The molecule has 0 atom stereocenters. The van der Waals surface area contributed by atoms with Gasteiger partial charge in [0, 0.05) is 23.5 Å². The van der Waals surface area contributed by atoms with Gasteiger partial charge in [0.05, 0.1) is 17.3 Å². The molecule has 2 N–H and O–H groups in total. The van der Waals surface area contributed by atoms with Crippen molar-refractivity contribution in [2.75, 3.05) is 0 Å². The summed E-state index contributed by atoms with van der Waals surface area (Å²) in [5.74, 6) is 0.373. The van der Waals surface area contributed by atoms with Crippen LogP contribution >= 0.6 is 0 Å². The lowest BCUT2D eigenvalue weighted by molar-refractivity contribution is 0.322. The summed E-state index contributed by atoms with van der Waals surface area (Å²) in [6.07, 6.45) is 4.90. The summed E-state index contributed by atoms with van der Waals surface area (Å²) < 4.78 is 18.3. The largest absolute Gasteiger partial charge is 0.508 e. The van der Waals surface area contributed by atoms with E-state index < -0.39 is 5.82 Å². The van der Waals surface area contributed by atoms with Crippen molar-refractivity contribution in [1.82, 2.24) is 9.13 Å². The summed E-state index contributed by atoms with van der Waals surface area (Å²) in [6.45, 7) is 0. The number of halogens is 1. The van der Waals surface area contributed by atoms with Crippen LogP contribution in [0.3, 0.4) is 0 Å². The topological polar surface area (TPSA) is 62.7 Å². The third kappa shape index (κ3) is 2.35. The number of rotatable bonds is 3. The zero-order valence-electron chi connectivity index (χ0n) is 13.0. The van der Waals surface area contributed by atoms with E-state index in [1.54, 1.807) is 36.4 Å². The van der Waals surface area contributed by atoms with Crippen LogP contribution in [0.1, 0.15) is 5.56 Å². The van der Waals surface area contributed by atoms with Gasteiger partial charge in [-0.15, -0.1) is 0 Å². The van der Waals surface area contributed by atoms with E-state index in [1.807, 2.05) is 33.7 Å². The van der Waals surface area contributed by atoms with Crippen LogP contribution in [-0.2, 0) is 0 Å². The second-order valence-electron chi connectivity index (χ2n) is 5.56. The van der Waals surface area contributed by atoms with E-state index >= 15 is 0 Å².